The zero-order valence-electron chi connectivity index (χ0n) is 14.9. The Bertz CT molecular complexity index is 669. The summed E-state index contributed by atoms with van der Waals surface area (Å²) in [6.45, 7) is 8.36. The summed E-state index contributed by atoms with van der Waals surface area (Å²) in [6, 6.07) is 9.94. The van der Waals surface area contributed by atoms with Gasteiger partial charge in [0, 0.05) is 50.4 Å². The summed E-state index contributed by atoms with van der Waals surface area (Å²) in [4.78, 5) is 9.44. The van der Waals surface area contributed by atoms with E-state index in [0.717, 1.165) is 55.9 Å². The number of guanidine groups is 1. The first-order valence-electron chi connectivity index (χ1n) is 8.64. The van der Waals surface area contributed by atoms with E-state index in [0.29, 0.717) is 6.54 Å². The molecule has 3 rings (SSSR count). The summed E-state index contributed by atoms with van der Waals surface area (Å²) < 4.78 is 4.86. The van der Waals surface area contributed by atoms with Gasteiger partial charge in [0.2, 0.25) is 0 Å². The minimum atomic E-state index is 0. The number of halogens is 2. The van der Waals surface area contributed by atoms with E-state index in [1.807, 2.05) is 18.2 Å². The molecule has 26 heavy (non-hydrogen) atoms. The first kappa shape index (κ1) is 21.0. The van der Waals surface area contributed by atoms with Crippen molar-refractivity contribution >= 4 is 41.5 Å². The number of nitrogens with one attached hydrogen (secondary N) is 1. The van der Waals surface area contributed by atoms with Crippen LogP contribution in [0, 0.1) is 0 Å². The van der Waals surface area contributed by atoms with E-state index in [1.54, 1.807) is 6.26 Å². The van der Waals surface area contributed by atoms with Crippen LogP contribution in [-0.4, -0.2) is 53.6 Å². The SMILES string of the molecule is CCNC(=NCc1ccon1)N1CCN(Cc2ccc(Cl)cc2)CC1.I. The number of rotatable bonds is 5. The van der Waals surface area contributed by atoms with Gasteiger partial charge in [-0.15, -0.1) is 24.0 Å². The molecule has 1 aromatic heterocycles. The topological polar surface area (TPSA) is 56.9 Å². The summed E-state index contributed by atoms with van der Waals surface area (Å²) in [5.74, 6) is 0.941. The van der Waals surface area contributed by atoms with E-state index < -0.39 is 0 Å². The summed E-state index contributed by atoms with van der Waals surface area (Å²) in [7, 11) is 0. The van der Waals surface area contributed by atoms with Gasteiger partial charge in [0.05, 0.1) is 6.54 Å². The Morgan fingerprint density at radius 3 is 2.54 bits per heavy atom. The van der Waals surface area contributed by atoms with Gasteiger partial charge in [0.25, 0.3) is 0 Å². The highest BCUT2D eigenvalue weighted by Crippen LogP contribution is 2.13. The molecule has 1 aliphatic rings. The van der Waals surface area contributed by atoms with Gasteiger partial charge >= 0.3 is 0 Å². The van der Waals surface area contributed by atoms with E-state index in [4.69, 9.17) is 16.1 Å². The van der Waals surface area contributed by atoms with Crippen LogP contribution < -0.4 is 5.32 Å². The molecule has 0 saturated carbocycles. The van der Waals surface area contributed by atoms with Crippen LogP contribution in [-0.2, 0) is 13.1 Å². The average Bonchev–Trinajstić information content (AvgIpc) is 3.15. The van der Waals surface area contributed by atoms with Crippen molar-refractivity contribution in [3.8, 4) is 0 Å². The molecule has 0 atom stereocenters. The third kappa shape index (κ3) is 6.14. The van der Waals surface area contributed by atoms with Crippen LogP contribution in [0.5, 0.6) is 0 Å². The highest BCUT2D eigenvalue weighted by atomic mass is 127. The van der Waals surface area contributed by atoms with Crippen molar-refractivity contribution in [3.05, 3.63) is 52.9 Å². The fraction of sp³-hybridized carbons (Fsp3) is 0.444. The molecule has 6 nitrogen and oxygen atoms in total. The minimum Gasteiger partial charge on any atom is -0.364 e. The van der Waals surface area contributed by atoms with Crippen LogP contribution in [0.15, 0.2) is 46.1 Å². The summed E-state index contributed by atoms with van der Waals surface area (Å²) >= 11 is 5.95. The van der Waals surface area contributed by atoms with Crippen LogP contribution in [0.2, 0.25) is 5.02 Å². The molecular formula is C18H25ClIN5O. The second-order valence-electron chi connectivity index (χ2n) is 6.05. The van der Waals surface area contributed by atoms with E-state index in [-0.39, 0.29) is 24.0 Å². The molecule has 1 saturated heterocycles. The summed E-state index contributed by atoms with van der Waals surface area (Å²) in [5, 5.41) is 8.07. The molecule has 8 heteroatoms. The molecular weight excluding hydrogens is 465 g/mol. The molecule has 1 aromatic carbocycles. The van der Waals surface area contributed by atoms with Gasteiger partial charge in [-0.2, -0.15) is 0 Å². The van der Waals surface area contributed by atoms with Gasteiger partial charge < -0.3 is 14.7 Å². The summed E-state index contributed by atoms with van der Waals surface area (Å²) in [5.41, 5.74) is 2.14. The number of hydrogen-bond acceptors (Lipinski definition) is 4. The molecule has 2 aromatic rings. The Kier molecular flexibility index (Phi) is 8.67. The van der Waals surface area contributed by atoms with Crippen molar-refractivity contribution < 1.29 is 4.52 Å². The van der Waals surface area contributed by atoms with Crippen molar-refractivity contribution in [3.63, 3.8) is 0 Å². The quantitative estimate of drug-likeness (QED) is 0.397. The maximum atomic E-state index is 5.95. The van der Waals surface area contributed by atoms with Crippen molar-refractivity contribution in [1.82, 2.24) is 20.3 Å². The van der Waals surface area contributed by atoms with E-state index >= 15 is 0 Å². The van der Waals surface area contributed by atoms with Crippen molar-refractivity contribution in [2.45, 2.75) is 20.0 Å². The largest absolute Gasteiger partial charge is 0.364 e. The lowest BCUT2D eigenvalue weighted by atomic mass is 10.2. The van der Waals surface area contributed by atoms with E-state index in [1.165, 1.54) is 5.56 Å². The number of hydrogen-bond donors (Lipinski definition) is 1. The predicted molar refractivity (Wildman–Crippen MR) is 115 cm³/mol. The molecule has 0 bridgehead atoms. The van der Waals surface area contributed by atoms with Crippen molar-refractivity contribution in [1.29, 1.82) is 0 Å². The molecule has 0 spiro atoms. The van der Waals surface area contributed by atoms with Gasteiger partial charge in [-0.3, -0.25) is 4.90 Å². The molecule has 142 valence electrons. The number of aromatic nitrogens is 1. The van der Waals surface area contributed by atoms with Crippen LogP contribution >= 0.6 is 35.6 Å². The lowest BCUT2D eigenvalue weighted by molar-refractivity contribution is 0.172. The van der Waals surface area contributed by atoms with Crippen molar-refractivity contribution in [2.24, 2.45) is 4.99 Å². The number of benzene rings is 1. The van der Waals surface area contributed by atoms with Gasteiger partial charge in [0.15, 0.2) is 5.96 Å². The summed E-state index contributed by atoms with van der Waals surface area (Å²) in [6.07, 6.45) is 1.58. The Labute approximate surface area is 176 Å². The Morgan fingerprint density at radius 2 is 1.92 bits per heavy atom. The average molecular weight is 490 g/mol. The molecule has 1 aliphatic heterocycles. The zero-order chi connectivity index (χ0) is 17.5. The van der Waals surface area contributed by atoms with Gasteiger partial charge in [-0.25, -0.2) is 4.99 Å². The fourth-order valence-electron chi connectivity index (χ4n) is 2.87. The van der Waals surface area contributed by atoms with Crippen LogP contribution in [0.1, 0.15) is 18.2 Å². The highest BCUT2D eigenvalue weighted by Gasteiger charge is 2.19. The third-order valence-electron chi connectivity index (χ3n) is 4.21. The molecule has 0 aliphatic carbocycles. The van der Waals surface area contributed by atoms with E-state index in [2.05, 4.69) is 44.3 Å². The Morgan fingerprint density at radius 1 is 1.19 bits per heavy atom. The van der Waals surface area contributed by atoms with Crippen LogP contribution in [0.4, 0.5) is 0 Å². The minimum absolute atomic E-state index is 0. The first-order chi connectivity index (χ1) is 12.2. The monoisotopic (exact) mass is 489 g/mol. The molecule has 2 heterocycles. The lowest BCUT2D eigenvalue weighted by Crippen LogP contribution is -2.52. The second-order valence-corrected chi connectivity index (χ2v) is 6.49. The maximum Gasteiger partial charge on any atom is 0.194 e. The smallest absolute Gasteiger partial charge is 0.194 e. The van der Waals surface area contributed by atoms with Gasteiger partial charge in [-0.1, -0.05) is 28.9 Å². The van der Waals surface area contributed by atoms with Gasteiger partial charge in [0.1, 0.15) is 12.0 Å². The lowest BCUT2D eigenvalue weighted by Gasteiger charge is -2.36. The fourth-order valence-corrected chi connectivity index (χ4v) is 2.99. The van der Waals surface area contributed by atoms with Crippen LogP contribution in [0.25, 0.3) is 0 Å². The van der Waals surface area contributed by atoms with E-state index in [9.17, 15) is 0 Å². The highest BCUT2D eigenvalue weighted by molar-refractivity contribution is 14.0. The number of piperazine rings is 1. The molecule has 0 radical (unpaired) electrons. The zero-order valence-corrected chi connectivity index (χ0v) is 18.0. The number of aliphatic imine (C=N–C) groups is 1. The van der Waals surface area contributed by atoms with Gasteiger partial charge in [-0.05, 0) is 24.6 Å². The third-order valence-corrected chi connectivity index (χ3v) is 4.46. The second kappa shape index (κ2) is 10.7. The predicted octanol–water partition coefficient (Wildman–Crippen LogP) is 3.23. The normalized spacial score (nSPS) is 15.6. The number of nitrogens with zero attached hydrogens (tertiary/aromatic N) is 4. The Hall–Kier alpha value is -1.32. The maximum absolute atomic E-state index is 5.95. The standard InChI is InChI=1S/C18H24ClN5O.HI/c1-2-20-18(21-13-17-7-12-25-22-17)24-10-8-23(9-11-24)14-15-3-5-16(19)6-4-15;/h3-7,12H,2,8-11,13-14H2,1H3,(H,20,21);1H. The molecule has 1 fully saturated rings. The molecule has 1 N–H and O–H groups in total. The molecule has 0 amide bonds. The Balaban J connectivity index is 0.00000243. The van der Waals surface area contributed by atoms with Crippen LogP contribution in [0.3, 0.4) is 0 Å². The first-order valence-corrected chi connectivity index (χ1v) is 9.01. The van der Waals surface area contributed by atoms with Crippen molar-refractivity contribution in [2.75, 3.05) is 32.7 Å². The molecule has 0 unspecified atom stereocenters.